The molecule has 0 fully saturated rings. The number of H-pyrrole nitrogens is 1. The van der Waals surface area contributed by atoms with E-state index in [4.69, 9.17) is 4.42 Å². The zero-order valence-electron chi connectivity index (χ0n) is 10.5. The molecule has 4 heteroatoms. The summed E-state index contributed by atoms with van der Waals surface area (Å²) >= 11 is 0. The normalized spacial score (nSPS) is 12.9. The Hall–Kier alpha value is -2.04. The van der Waals surface area contributed by atoms with Crippen LogP contribution in [0.2, 0.25) is 0 Å². The SMILES string of the molecule is OCC(NCc1cccc2[nH]ccc12)c1ccco1. The third kappa shape index (κ3) is 2.41. The van der Waals surface area contributed by atoms with Gasteiger partial charge in [-0.1, -0.05) is 12.1 Å². The van der Waals surface area contributed by atoms with Crippen LogP contribution in [0, 0.1) is 0 Å². The summed E-state index contributed by atoms with van der Waals surface area (Å²) in [5.41, 5.74) is 2.32. The van der Waals surface area contributed by atoms with Crippen molar-refractivity contribution >= 4 is 10.9 Å². The predicted molar refractivity (Wildman–Crippen MR) is 73.7 cm³/mol. The molecule has 0 radical (unpaired) electrons. The fourth-order valence-corrected chi connectivity index (χ4v) is 2.28. The van der Waals surface area contributed by atoms with Crippen molar-refractivity contribution in [2.45, 2.75) is 12.6 Å². The first kappa shape index (κ1) is 12.0. The molecule has 0 amide bonds. The summed E-state index contributed by atoms with van der Waals surface area (Å²) in [6.07, 6.45) is 3.55. The van der Waals surface area contributed by atoms with E-state index in [1.54, 1.807) is 6.26 Å². The van der Waals surface area contributed by atoms with Crippen LogP contribution in [0.4, 0.5) is 0 Å². The molecule has 0 spiro atoms. The van der Waals surface area contributed by atoms with Gasteiger partial charge >= 0.3 is 0 Å². The molecule has 19 heavy (non-hydrogen) atoms. The minimum atomic E-state index is -0.177. The van der Waals surface area contributed by atoms with E-state index in [1.807, 2.05) is 24.4 Å². The quantitative estimate of drug-likeness (QED) is 0.657. The van der Waals surface area contributed by atoms with Gasteiger partial charge in [-0.15, -0.1) is 0 Å². The second-order valence-electron chi connectivity index (χ2n) is 4.49. The number of hydrogen-bond acceptors (Lipinski definition) is 3. The Bertz CT molecular complexity index is 643. The number of furan rings is 1. The monoisotopic (exact) mass is 256 g/mol. The molecule has 0 saturated carbocycles. The van der Waals surface area contributed by atoms with E-state index in [9.17, 15) is 5.11 Å². The number of aromatic nitrogens is 1. The first-order chi connectivity index (χ1) is 9.38. The molecule has 3 rings (SSSR count). The maximum Gasteiger partial charge on any atom is 0.123 e. The molecule has 1 unspecified atom stereocenters. The van der Waals surface area contributed by atoms with Crippen LogP contribution in [0.25, 0.3) is 10.9 Å². The van der Waals surface area contributed by atoms with Crippen molar-refractivity contribution in [2.75, 3.05) is 6.61 Å². The number of aliphatic hydroxyl groups is 1. The van der Waals surface area contributed by atoms with Gasteiger partial charge in [0, 0.05) is 23.6 Å². The summed E-state index contributed by atoms with van der Waals surface area (Å²) in [5.74, 6) is 0.753. The molecule has 3 aromatic rings. The van der Waals surface area contributed by atoms with E-state index in [0.29, 0.717) is 6.54 Å². The Morgan fingerprint density at radius 2 is 2.16 bits per heavy atom. The Morgan fingerprint density at radius 1 is 1.21 bits per heavy atom. The van der Waals surface area contributed by atoms with E-state index >= 15 is 0 Å². The molecular weight excluding hydrogens is 240 g/mol. The van der Waals surface area contributed by atoms with Gasteiger partial charge in [0.25, 0.3) is 0 Å². The standard InChI is InChI=1S/C15H16N2O2/c18-10-14(15-5-2-8-19-15)17-9-11-3-1-4-13-12(11)6-7-16-13/h1-8,14,16-18H,9-10H2. The summed E-state index contributed by atoms with van der Waals surface area (Å²) in [5, 5.41) is 13.9. The van der Waals surface area contributed by atoms with Gasteiger partial charge in [-0.05, 0) is 29.8 Å². The summed E-state index contributed by atoms with van der Waals surface area (Å²) < 4.78 is 5.32. The fraction of sp³-hybridized carbons (Fsp3) is 0.200. The predicted octanol–water partition coefficient (Wildman–Crippen LogP) is 2.58. The summed E-state index contributed by atoms with van der Waals surface area (Å²) in [6, 6.07) is 11.7. The molecular formula is C15H16N2O2. The first-order valence-corrected chi connectivity index (χ1v) is 6.31. The zero-order valence-corrected chi connectivity index (χ0v) is 10.5. The van der Waals surface area contributed by atoms with E-state index in [1.165, 1.54) is 10.9 Å². The lowest BCUT2D eigenvalue weighted by molar-refractivity contribution is 0.225. The van der Waals surface area contributed by atoms with Gasteiger partial charge in [0.15, 0.2) is 0 Å². The topological polar surface area (TPSA) is 61.2 Å². The van der Waals surface area contributed by atoms with Crippen molar-refractivity contribution in [1.29, 1.82) is 0 Å². The number of aromatic amines is 1. The molecule has 0 saturated heterocycles. The smallest absolute Gasteiger partial charge is 0.123 e. The van der Waals surface area contributed by atoms with Crippen LogP contribution < -0.4 is 5.32 Å². The highest BCUT2D eigenvalue weighted by atomic mass is 16.3. The number of rotatable bonds is 5. The van der Waals surface area contributed by atoms with E-state index < -0.39 is 0 Å². The van der Waals surface area contributed by atoms with E-state index in [2.05, 4.69) is 28.5 Å². The molecule has 0 aliphatic heterocycles. The maximum atomic E-state index is 9.42. The highest BCUT2D eigenvalue weighted by Gasteiger charge is 2.13. The number of hydrogen-bond donors (Lipinski definition) is 3. The lowest BCUT2D eigenvalue weighted by atomic mass is 10.1. The van der Waals surface area contributed by atoms with Crippen molar-refractivity contribution in [3.05, 3.63) is 60.2 Å². The van der Waals surface area contributed by atoms with E-state index in [-0.39, 0.29) is 12.6 Å². The second kappa shape index (κ2) is 5.30. The summed E-state index contributed by atoms with van der Waals surface area (Å²) in [6.45, 7) is 0.692. The molecule has 3 N–H and O–H groups in total. The third-order valence-electron chi connectivity index (χ3n) is 3.29. The van der Waals surface area contributed by atoms with Crippen LogP contribution in [0.3, 0.4) is 0 Å². The Balaban J connectivity index is 1.76. The average Bonchev–Trinajstić information content (AvgIpc) is 3.10. The summed E-state index contributed by atoms with van der Waals surface area (Å²) in [7, 11) is 0. The van der Waals surface area contributed by atoms with Gasteiger partial charge in [0.05, 0.1) is 18.9 Å². The third-order valence-corrected chi connectivity index (χ3v) is 3.29. The van der Waals surface area contributed by atoms with Crippen molar-refractivity contribution < 1.29 is 9.52 Å². The zero-order chi connectivity index (χ0) is 13.1. The number of benzene rings is 1. The van der Waals surface area contributed by atoms with Crippen LogP contribution in [-0.2, 0) is 6.54 Å². The van der Waals surface area contributed by atoms with Crippen LogP contribution in [-0.4, -0.2) is 16.7 Å². The Labute approximate surface area is 111 Å². The number of fused-ring (bicyclic) bond motifs is 1. The lowest BCUT2D eigenvalue weighted by Crippen LogP contribution is -2.23. The molecule has 1 atom stereocenters. The van der Waals surface area contributed by atoms with Crippen molar-refractivity contribution in [3.8, 4) is 0 Å². The molecule has 0 aliphatic rings. The minimum Gasteiger partial charge on any atom is -0.468 e. The largest absolute Gasteiger partial charge is 0.468 e. The van der Waals surface area contributed by atoms with Gasteiger partial charge in [-0.3, -0.25) is 0 Å². The molecule has 4 nitrogen and oxygen atoms in total. The Kier molecular flexibility index (Phi) is 3.35. The van der Waals surface area contributed by atoms with Crippen LogP contribution in [0.15, 0.2) is 53.3 Å². The van der Waals surface area contributed by atoms with Gasteiger partial charge in [0.2, 0.25) is 0 Å². The minimum absolute atomic E-state index is 0.0105. The van der Waals surface area contributed by atoms with Crippen LogP contribution >= 0.6 is 0 Å². The fourth-order valence-electron chi connectivity index (χ4n) is 2.28. The van der Waals surface area contributed by atoms with Crippen molar-refractivity contribution in [1.82, 2.24) is 10.3 Å². The molecule has 2 heterocycles. The molecule has 98 valence electrons. The van der Waals surface area contributed by atoms with Gasteiger partial charge < -0.3 is 19.8 Å². The highest BCUT2D eigenvalue weighted by Crippen LogP contribution is 2.19. The molecule has 0 bridgehead atoms. The maximum absolute atomic E-state index is 9.42. The number of nitrogens with one attached hydrogen (secondary N) is 2. The summed E-state index contributed by atoms with van der Waals surface area (Å²) in [4.78, 5) is 3.19. The second-order valence-corrected chi connectivity index (χ2v) is 4.49. The average molecular weight is 256 g/mol. The van der Waals surface area contributed by atoms with Gasteiger partial charge in [-0.25, -0.2) is 0 Å². The van der Waals surface area contributed by atoms with Gasteiger partial charge in [0.1, 0.15) is 5.76 Å². The first-order valence-electron chi connectivity index (χ1n) is 6.31. The Morgan fingerprint density at radius 3 is 2.95 bits per heavy atom. The highest BCUT2D eigenvalue weighted by molar-refractivity contribution is 5.82. The molecule has 1 aromatic carbocycles. The van der Waals surface area contributed by atoms with Crippen molar-refractivity contribution in [3.63, 3.8) is 0 Å². The lowest BCUT2D eigenvalue weighted by Gasteiger charge is -2.14. The molecule has 0 aliphatic carbocycles. The molecule has 2 aromatic heterocycles. The van der Waals surface area contributed by atoms with Gasteiger partial charge in [-0.2, -0.15) is 0 Å². The number of aliphatic hydroxyl groups excluding tert-OH is 1. The van der Waals surface area contributed by atoms with E-state index in [0.717, 1.165) is 11.3 Å². The van der Waals surface area contributed by atoms with Crippen molar-refractivity contribution in [2.24, 2.45) is 0 Å². The van der Waals surface area contributed by atoms with Crippen LogP contribution in [0.5, 0.6) is 0 Å². The van der Waals surface area contributed by atoms with Crippen LogP contribution in [0.1, 0.15) is 17.4 Å².